The summed E-state index contributed by atoms with van der Waals surface area (Å²) in [5, 5.41) is 4.19. The fraction of sp³-hybridized carbons (Fsp3) is 0.632. The summed E-state index contributed by atoms with van der Waals surface area (Å²) >= 11 is 2.08. The summed E-state index contributed by atoms with van der Waals surface area (Å²) in [6, 6.07) is 8.00. The molecule has 6 heteroatoms. The molecule has 1 N–H and O–H groups in total. The van der Waals surface area contributed by atoms with Crippen LogP contribution in [0.3, 0.4) is 0 Å². The number of thioether (sulfide) groups is 1. The maximum absolute atomic E-state index is 5.75. The Morgan fingerprint density at radius 1 is 1.36 bits per heavy atom. The first-order valence-electron chi connectivity index (χ1n) is 9.04. The maximum atomic E-state index is 5.75. The Labute approximate surface area is 156 Å². The molecule has 1 saturated heterocycles. The second-order valence-corrected chi connectivity index (χ2v) is 7.48. The summed E-state index contributed by atoms with van der Waals surface area (Å²) in [6.45, 7) is 6.69. The molecule has 2 rings (SSSR count). The van der Waals surface area contributed by atoms with Crippen LogP contribution in [0.25, 0.3) is 0 Å². The molecule has 25 heavy (non-hydrogen) atoms. The van der Waals surface area contributed by atoms with Gasteiger partial charge in [-0.05, 0) is 30.5 Å². The Bertz CT molecular complexity index is 522. The molecule has 0 radical (unpaired) electrons. The van der Waals surface area contributed by atoms with Gasteiger partial charge in [-0.3, -0.25) is 4.99 Å². The van der Waals surface area contributed by atoms with Crippen LogP contribution < -0.4 is 10.1 Å². The topological polar surface area (TPSA) is 46.1 Å². The van der Waals surface area contributed by atoms with Crippen LogP contribution in [-0.4, -0.2) is 62.3 Å². The zero-order chi connectivity index (χ0) is 17.9. The Kier molecular flexibility index (Phi) is 8.97. The number of benzene rings is 1. The predicted molar refractivity (Wildman–Crippen MR) is 107 cm³/mol. The first-order chi connectivity index (χ1) is 12.3. The van der Waals surface area contributed by atoms with Crippen LogP contribution in [0.2, 0.25) is 0 Å². The summed E-state index contributed by atoms with van der Waals surface area (Å²) in [6.07, 6.45) is 2.19. The number of aliphatic imine (C=N–C) groups is 1. The van der Waals surface area contributed by atoms with Crippen molar-refractivity contribution in [3.8, 4) is 5.75 Å². The number of hydrogen-bond acceptors (Lipinski definition) is 4. The quantitative estimate of drug-likeness (QED) is 0.436. The van der Waals surface area contributed by atoms with E-state index < -0.39 is 0 Å². The minimum Gasteiger partial charge on any atom is -0.497 e. The molecule has 1 aromatic carbocycles. The van der Waals surface area contributed by atoms with Crippen LogP contribution >= 0.6 is 11.8 Å². The van der Waals surface area contributed by atoms with Gasteiger partial charge in [0.15, 0.2) is 5.96 Å². The van der Waals surface area contributed by atoms with E-state index in [0.717, 1.165) is 49.6 Å². The predicted octanol–water partition coefficient (Wildman–Crippen LogP) is 3.00. The molecule has 0 aromatic heterocycles. The van der Waals surface area contributed by atoms with Gasteiger partial charge in [0.2, 0.25) is 0 Å². The number of methoxy groups -OCH3 is 1. The lowest BCUT2D eigenvalue weighted by molar-refractivity contribution is 0.119. The Hall–Kier alpha value is -1.40. The molecule has 1 aromatic rings. The molecular formula is C19H31N3O2S. The third kappa shape index (κ3) is 6.78. The van der Waals surface area contributed by atoms with Gasteiger partial charge < -0.3 is 19.7 Å². The second kappa shape index (κ2) is 11.3. The van der Waals surface area contributed by atoms with E-state index in [9.17, 15) is 0 Å². The maximum Gasteiger partial charge on any atom is 0.193 e. The molecule has 1 heterocycles. The van der Waals surface area contributed by atoms with Crippen LogP contribution in [0.5, 0.6) is 5.75 Å². The van der Waals surface area contributed by atoms with E-state index in [-0.39, 0.29) is 0 Å². The molecule has 1 unspecified atom stereocenters. The highest BCUT2D eigenvalue weighted by molar-refractivity contribution is 8.00. The van der Waals surface area contributed by atoms with Crippen LogP contribution in [0, 0.1) is 0 Å². The second-order valence-electron chi connectivity index (χ2n) is 6.08. The molecule has 1 aliphatic heterocycles. The van der Waals surface area contributed by atoms with Crippen molar-refractivity contribution >= 4 is 17.7 Å². The largest absolute Gasteiger partial charge is 0.497 e. The Morgan fingerprint density at radius 3 is 2.84 bits per heavy atom. The van der Waals surface area contributed by atoms with E-state index in [0.29, 0.717) is 6.61 Å². The van der Waals surface area contributed by atoms with Gasteiger partial charge in [-0.1, -0.05) is 19.1 Å². The van der Waals surface area contributed by atoms with Crippen molar-refractivity contribution in [2.24, 2.45) is 4.99 Å². The number of nitrogens with one attached hydrogen (secondary N) is 1. The average molecular weight is 366 g/mol. The summed E-state index contributed by atoms with van der Waals surface area (Å²) in [5.74, 6) is 3.08. The van der Waals surface area contributed by atoms with Gasteiger partial charge in [0.1, 0.15) is 5.75 Å². The van der Waals surface area contributed by atoms with Gasteiger partial charge >= 0.3 is 0 Å². The van der Waals surface area contributed by atoms with E-state index in [1.54, 1.807) is 7.11 Å². The van der Waals surface area contributed by atoms with E-state index in [4.69, 9.17) is 9.47 Å². The molecule has 140 valence electrons. The highest BCUT2D eigenvalue weighted by Crippen LogP contribution is 2.20. The fourth-order valence-electron chi connectivity index (χ4n) is 2.78. The third-order valence-corrected chi connectivity index (χ3v) is 5.65. The molecule has 0 aliphatic carbocycles. The van der Waals surface area contributed by atoms with Crippen LogP contribution in [-0.2, 0) is 11.3 Å². The van der Waals surface area contributed by atoms with E-state index in [2.05, 4.69) is 33.9 Å². The molecule has 0 spiro atoms. The molecule has 5 nitrogen and oxygen atoms in total. The third-order valence-electron chi connectivity index (χ3n) is 4.28. The minimum atomic E-state index is 0.639. The summed E-state index contributed by atoms with van der Waals surface area (Å²) in [7, 11) is 3.54. The Balaban J connectivity index is 1.61. The van der Waals surface area contributed by atoms with Crippen molar-refractivity contribution in [3.05, 3.63) is 29.8 Å². The normalized spacial score (nSPS) is 18.3. The van der Waals surface area contributed by atoms with Crippen molar-refractivity contribution in [1.29, 1.82) is 0 Å². The minimum absolute atomic E-state index is 0.639. The lowest BCUT2D eigenvalue weighted by Crippen LogP contribution is -2.48. The fourth-order valence-corrected chi connectivity index (χ4v) is 3.96. The zero-order valence-corrected chi connectivity index (χ0v) is 16.5. The van der Waals surface area contributed by atoms with Gasteiger partial charge in [-0.25, -0.2) is 0 Å². The molecule has 0 bridgehead atoms. The first-order valence-corrected chi connectivity index (χ1v) is 10.1. The van der Waals surface area contributed by atoms with Gasteiger partial charge in [-0.2, -0.15) is 11.8 Å². The number of hydrogen-bond donors (Lipinski definition) is 1. The van der Waals surface area contributed by atoms with Crippen LogP contribution in [0.1, 0.15) is 25.3 Å². The smallest absolute Gasteiger partial charge is 0.193 e. The lowest BCUT2D eigenvalue weighted by Gasteiger charge is -2.34. The van der Waals surface area contributed by atoms with E-state index >= 15 is 0 Å². The van der Waals surface area contributed by atoms with Crippen molar-refractivity contribution in [1.82, 2.24) is 10.2 Å². The molecule has 1 fully saturated rings. The lowest BCUT2D eigenvalue weighted by atomic mass is 10.2. The van der Waals surface area contributed by atoms with Crippen LogP contribution in [0.4, 0.5) is 0 Å². The number of ether oxygens (including phenoxy) is 2. The molecule has 0 amide bonds. The number of nitrogens with zero attached hydrogens (tertiary/aromatic N) is 2. The molecule has 0 saturated carbocycles. The number of guanidine groups is 1. The average Bonchev–Trinajstić information content (AvgIpc) is 2.68. The summed E-state index contributed by atoms with van der Waals surface area (Å²) in [4.78, 5) is 6.81. The summed E-state index contributed by atoms with van der Waals surface area (Å²) < 4.78 is 10.9. The first kappa shape index (κ1) is 19.9. The van der Waals surface area contributed by atoms with Crippen molar-refractivity contribution in [3.63, 3.8) is 0 Å². The van der Waals surface area contributed by atoms with Gasteiger partial charge in [0.05, 0.1) is 13.7 Å². The SMILES string of the molecule is CCC1CN(C(=NC)NCCCOCc2ccc(OC)cc2)CCS1. The zero-order valence-electron chi connectivity index (χ0n) is 15.7. The highest BCUT2D eigenvalue weighted by atomic mass is 32.2. The molecular weight excluding hydrogens is 334 g/mol. The molecule has 1 atom stereocenters. The van der Waals surface area contributed by atoms with E-state index in [1.807, 2.05) is 31.3 Å². The standard InChI is InChI=1S/C19H31N3O2S/c1-4-18-14-22(11-13-25-18)19(20-2)21-10-5-12-24-15-16-6-8-17(23-3)9-7-16/h6-9,18H,4-5,10-15H2,1-3H3,(H,20,21). The monoisotopic (exact) mass is 365 g/mol. The van der Waals surface area contributed by atoms with Gasteiger partial charge in [0, 0.05) is 44.3 Å². The van der Waals surface area contributed by atoms with Crippen molar-refractivity contribution < 1.29 is 9.47 Å². The number of rotatable bonds is 8. The summed E-state index contributed by atoms with van der Waals surface area (Å²) in [5.41, 5.74) is 1.17. The van der Waals surface area contributed by atoms with Crippen molar-refractivity contribution in [2.45, 2.75) is 31.6 Å². The molecule has 1 aliphatic rings. The van der Waals surface area contributed by atoms with Crippen molar-refractivity contribution in [2.75, 3.05) is 46.2 Å². The van der Waals surface area contributed by atoms with Gasteiger partial charge in [0.25, 0.3) is 0 Å². The highest BCUT2D eigenvalue weighted by Gasteiger charge is 2.21. The van der Waals surface area contributed by atoms with Gasteiger partial charge in [-0.15, -0.1) is 0 Å². The Morgan fingerprint density at radius 2 is 2.16 bits per heavy atom. The van der Waals surface area contributed by atoms with Crippen LogP contribution in [0.15, 0.2) is 29.3 Å². The van der Waals surface area contributed by atoms with E-state index in [1.165, 1.54) is 17.7 Å².